The Morgan fingerprint density at radius 2 is 1.85 bits per heavy atom. The molecule has 0 bridgehead atoms. The molecule has 2 heterocycles. The van der Waals surface area contributed by atoms with Crippen molar-refractivity contribution < 1.29 is 9.53 Å². The van der Waals surface area contributed by atoms with Gasteiger partial charge in [0.15, 0.2) is 10.9 Å². The van der Waals surface area contributed by atoms with Crippen molar-refractivity contribution in [3.05, 3.63) is 64.4 Å². The number of methoxy groups -OCH3 is 1. The number of aromatic nitrogens is 4. The predicted octanol–water partition coefficient (Wildman–Crippen LogP) is 2.56. The third-order valence-electron chi connectivity index (χ3n) is 4.34. The molecule has 27 heavy (non-hydrogen) atoms. The van der Waals surface area contributed by atoms with Crippen LogP contribution in [0, 0.1) is 0 Å². The zero-order valence-corrected chi connectivity index (χ0v) is 15.6. The molecular formula is C19H16N4O3S. The van der Waals surface area contributed by atoms with Crippen LogP contribution in [0.15, 0.2) is 58.5 Å². The van der Waals surface area contributed by atoms with Crippen LogP contribution in [0.4, 0.5) is 0 Å². The fourth-order valence-electron chi connectivity index (χ4n) is 2.90. The van der Waals surface area contributed by atoms with Gasteiger partial charge in [-0.05, 0) is 36.4 Å². The lowest BCUT2D eigenvalue weighted by atomic mass is 10.1. The second-order valence-electron chi connectivity index (χ2n) is 5.94. The Morgan fingerprint density at radius 3 is 2.59 bits per heavy atom. The van der Waals surface area contributed by atoms with E-state index in [4.69, 9.17) is 4.74 Å². The summed E-state index contributed by atoms with van der Waals surface area (Å²) < 4.78 is 8.38. The minimum absolute atomic E-state index is 0.0199. The molecule has 0 saturated heterocycles. The van der Waals surface area contributed by atoms with Crippen LogP contribution in [-0.4, -0.2) is 37.8 Å². The first-order valence-corrected chi connectivity index (χ1v) is 9.21. The number of carbonyl (C=O) groups is 1. The molecule has 0 aliphatic carbocycles. The van der Waals surface area contributed by atoms with Gasteiger partial charge in [-0.25, -0.2) is 0 Å². The first kappa shape index (κ1) is 17.3. The van der Waals surface area contributed by atoms with Crippen molar-refractivity contribution in [1.29, 1.82) is 0 Å². The summed E-state index contributed by atoms with van der Waals surface area (Å²) in [5.74, 6) is 1.34. The maximum atomic E-state index is 12.5. The summed E-state index contributed by atoms with van der Waals surface area (Å²) in [6.07, 6.45) is 0. The molecule has 0 spiro atoms. The number of carbonyl (C=O) groups excluding carboxylic acids is 1. The van der Waals surface area contributed by atoms with Gasteiger partial charge in [0.05, 0.1) is 23.8 Å². The summed E-state index contributed by atoms with van der Waals surface area (Å²) >= 11 is 1.29. The van der Waals surface area contributed by atoms with Crippen LogP contribution >= 0.6 is 11.8 Å². The van der Waals surface area contributed by atoms with Crippen LogP contribution < -0.4 is 10.3 Å². The Morgan fingerprint density at radius 1 is 1.11 bits per heavy atom. The lowest BCUT2D eigenvalue weighted by Crippen LogP contribution is -2.20. The van der Waals surface area contributed by atoms with Crippen molar-refractivity contribution in [2.45, 2.75) is 5.16 Å². The van der Waals surface area contributed by atoms with Gasteiger partial charge in [-0.15, -0.1) is 10.2 Å². The van der Waals surface area contributed by atoms with Gasteiger partial charge in [-0.1, -0.05) is 23.9 Å². The van der Waals surface area contributed by atoms with E-state index in [2.05, 4.69) is 10.2 Å². The van der Waals surface area contributed by atoms with Crippen LogP contribution in [0.1, 0.15) is 10.4 Å². The standard InChI is InChI=1S/C19H16N4O3S/c1-22-17(25)14-5-3-4-6-15(14)23-18(22)20-21-19(23)27-11-16(24)12-7-9-13(26-2)10-8-12/h3-10H,11H2,1-2H3. The molecule has 0 saturated carbocycles. The molecule has 0 fully saturated rings. The second kappa shape index (κ2) is 6.88. The van der Waals surface area contributed by atoms with Crippen LogP contribution in [-0.2, 0) is 7.05 Å². The molecule has 0 N–H and O–H groups in total. The molecular weight excluding hydrogens is 364 g/mol. The normalized spacial score (nSPS) is 11.2. The third kappa shape index (κ3) is 2.97. The van der Waals surface area contributed by atoms with E-state index in [1.807, 2.05) is 22.6 Å². The number of hydrogen-bond acceptors (Lipinski definition) is 6. The van der Waals surface area contributed by atoms with Crippen molar-refractivity contribution in [2.24, 2.45) is 7.05 Å². The van der Waals surface area contributed by atoms with E-state index in [1.54, 1.807) is 44.5 Å². The highest BCUT2D eigenvalue weighted by molar-refractivity contribution is 7.99. The summed E-state index contributed by atoms with van der Waals surface area (Å²) in [5, 5.41) is 9.46. The zero-order valence-electron chi connectivity index (χ0n) is 14.7. The van der Waals surface area contributed by atoms with E-state index in [9.17, 15) is 9.59 Å². The highest BCUT2D eigenvalue weighted by Crippen LogP contribution is 2.22. The van der Waals surface area contributed by atoms with Crippen molar-refractivity contribution in [2.75, 3.05) is 12.9 Å². The van der Waals surface area contributed by atoms with Crippen molar-refractivity contribution >= 4 is 34.2 Å². The molecule has 8 heteroatoms. The van der Waals surface area contributed by atoms with Gasteiger partial charge in [-0.3, -0.25) is 18.6 Å². The fraction of sp³-hybridized carbons (Fsp3) is 0.158. The number of fused-ring (bicyclic) bond motifs is 3. The van der Waals surface area contributed by atoms with E-state index in [-0.39, 0.29) is 17.1 Å². The molecule has 2 aromatic heterocycles. The molecule has 7 nitrogen and oxygen atoms in total. The Balaban J connectivity index is 1.68. The lowest BCUT2D eigenvalue weighted by Gasteiger charge is -2.07. The summed E-state index contributed by atoms with van der Waals surface area (Å²) in [7, 11) is 3.25. The second-order valence-corrected chi connectivity index (χ2v) is 6.88. The first-order chi connectivity index (χ1) is 13.1. The number of para-hydroxylation sites is 1. The van der Waals surface area contributed by atoms with E-state index in [1.165, 1.54) is 16.3 Å². The number of ketones is 1. The van der Waals surface area contributed by atoms with Gasteiger partial charge < -0.3 is 4.74 Å². The van der Waals surface area contributed by atoms with E-state index < -0.39 is 0 Å². The van der Waals surface area contributed by atoms with Crippen LogP contribution in [0.3, 0.4) is 0 Å². The maximum absolute atomic E-state index is 12.5. The minimum atomic E-state index is -0.128. The number of thioether (sulfide) groups is 1. The minimum Gasteiger partial charge on any atom is -0.497 e. The third-order valence-corrected chi connectivity index (χ3v) is 5.27. The Bertz CT molecular complexity index is 1210. The fourth-order valence-corrected chi connectivity index (χ4v) is 3.73. The van der Waals surface area contributed by atoms with Gasteiger partial charge in [0.1, 0.15) is 5.75 Å². The molecule has 0 unspecified atom stereocenters. The van der Waals surface area contributed by atoms with Crippen LogP contribution in [0.5, 0.6) is 5.75 Å². The van der Waals surface area contributed by atoms with Crippen LogP contribution in [0.2, 0.25) is 0 Å². The number of hydrogen-bond donors (Lipinski definition) is 0. The average molecular weight is 380 g/mol. The van der Waals surface area contributed by atoms with Gasteiger partial charge >= 0.3 is 0 Å². The predicted molar refractivity (Wildman–Crippen MR) is 104 cm³/mol. The monoisotopic (exact) mass is 380 g/mol. The maximum Gasteiger partial charge on any atom is 0.262 e. The summed E-state index contributed by atoms with van der Waals surface area (Å²) in [5.41, 5.74) is 1.20. The molecule has 4 rings (SSSR count). The highest BCUT2D eigenvalue weighted by atomic mass is 32.2. The Hall–Kier alpha value is -3.13. The topological polar surface area (TPSA) is 78.5 Å². The summed E-state index contributed by atoms with van der Waals surface area (Å²) in [4.78, 5) is 25.0. The highest BCUT2D eigenvalue weighted by Gasteiger charge is 2.16. The van der Waals surface area contributed by atoms with Gasteiger partial charge in [0, 0.05) is 12.6 Å². The van der Waals surface area contributed by atoms with E-state index in [0.717, 1.165) is 5.52 Å². The number of benzene rings is 2. The molecule has 0 atom stereocenters. The quantitative estimate of drug-likeness (QED) is 0.391. The zero-order chi connectivity index (χ0) is 19.0. The molecule has 2 aromatic carbocycles. The van der Waals surface area contributed by atoms with Gasteiger partial charge in [-0.2, -0.15) is 0 Å². The number of Topliss-reactive ketones (excluding diaryl/α,β-unsaturated/α-hetero) is 1. The molecule has 0 amide bonds. The van der Waals surface area contributed by atoms with Gasteiger partial charge in [0.25, 0.3) is 5.56 Å². The Kier molecular flexibility index (Phi) is 4.41. The lowest BCUT2D eigenvalue weighted by molar-refractivity contribution is 0.102. The smallest absolute Gasteiger partial charge is 0.262 e. The first-order valence-electron chi connectivity index (χ1n) is 8.23. The largest absolute Gasteiger partial charge is 0.497 e. The van der Waals surface area contributed by atoms with E-state index in [0.29, 0.717) is 27.6 Å². The van der Waals surface area contributed by atoms with Crippen molar-refractivity contribution in [3.63, 3.8) is 0 Å². The molecule has 136 valence electrons. The number of aryl methyl sites for hydroxylation is 1. The number of nitrogens with zero attached hydrogens (tertiary/aromatic N) is 4. The molecule has 0 aliphatic rings. The van der Waals surface area contributed by atoms with Crippen molar-refractivity contribution in [1.82, 2.24) is 19.2 Å². The summed E-state index contributed by atoms with van der Waals surface area (Å²) in [6, 6.07) is 14.3. The molecule has 0 aliphatic heterocycles. The van der Waals surface area contributed by atoms with Gasteiger partial charge in [0.2, 0.25) is 5.78 Å². The van der Waals surface area contributed by atoms with Crippen molar-refractivity contribution in [3.8, 4) is 5.75 Å². The SMILES string of the molecule is COc1ccc(C(=O)CSc2nnc3n(C)c(=O)c4ccccc4n23)cc1. The number of ether oxygens (including phenoxy) is 1. The summed E-state index contributed by atoms with van der Waals surface area (Å²) in [6.45, 7) is 0. The molecule has 0 radical (unpaired) electrons. The number of rotatable bonds is 5. The van der Waals surface area contributed by atoms with E-state index >= 15 is 0 Å². The molecule has 4 aromatic rings. The Labute approximate surface area is 158 Å². The van der Waals surface area contributed by atoms with Crippen LogP contribution in [0.25, 0.3) is 16.7 Å². The average Bonchev–Trinajstić information content (AvgIpc) is 3.14.